The molecule has 0 amide bonds. The third-order valence-electron chi connectivity index (χ3n) is 5.10. The van der Waals surface area contributed by atoms with E-state index >= 15 is 0 Å². The first-order valence-electron chi connectivity index (χ1n) is 7.96. The fourth-order valence-electron chi connectivity index (χ4n) is 3.89. The Hall–Kier alpha value is -0.530. The summed E-state index contributed by atoms with van der Waals surface area (Å²) in [5.41, 5.74) is 0. The maximum Gasteiger partial charge on any atom is 0.309 e. The first kappa shape index (κ1) is 13.9. The molecule has 2 rings (SSSR count). The van der Waals surface area contributed by atoms with Crippen molar-refractivity contribution in [2.45, 2.75) is 77.7 Å². The minimum Gasteiger partial charge on any atom is -0.462 e. The van der Waals surface area contributed by atoms with Crippen LogP contribution in [-0.4, -0.2) is 12.1 Å². The molecule has 3 unspecified atom stereocenters. The molecule has 0 radical (unpaired) electrons. The van der Waals surface area contributed by atoms with Crippen LogP contribution in [0.15, 0.2) is 0 Å². The summed E-state index contributed by atoms with van der Waals surface area (Å²) in [4.78, 5) is 12.1. The van der Waals surface area contributed by atoms with Crippen molar-refractivity contribution in [3.8, 4) is 0 Å². The van der Waals surface area contributed by atoms with Gasteiger partial charge in [0.15, 0.2) is 0 Å². The predicted molar refractivity (Wildman–Crippen MR) is 73.3 cm³/mol. The van der Waals surface area contributed by atoms with Gasteiger partial charge in [0.05, 0.1) is 5.92 Å². The molecule has 2 aliphatic rings. The average Bonchev–Trinajstić information content (AvgIpc) is 2.40. The molecule has 3 atom stereocenters. The lowest BCUT2D eigenvalue weighted by Crippen LogP contribution is -2.38. The van der Waals surface area contributed by atoms with Gasteiger partial charge in [-0.15, -0.1) is 0 Å². The summed E-state index contributed by atoms with van der Waals surface area (Å²) in [7, 11) is 0. The Morgan fingerprint density at radius 1 is 1.06 bits per heavy atom. The van der Waals surface area contributed by atoms with Crippen molar-refractivity contribution in [3.05, 3.63) is 0 Å². The van der Waals surface area contributed by atoms with Gasteiger partial charge in [-0.05, 0) is 50.4 Å². The number of hydrogen-bond donors (Lipinski definition) is 0. The first-order valence-corrected chi connectivity index (χ1v) is 7.96. The highest BCUT2D eigenvalue weighted by molar-refractivity contribution is 5.72. The van der Waals surface area contributed by atoms with Crippen LogP contribution in [-0.2, 0) is 9.53 Å². The topological polar surface area (TPSA) is 26.3 Å². The van der Waals surface area contributed by atoms with E-state index in [1.54, 1.807) is 0 Å². The van der Waals surface area contributed by atoms with Crippen LogP contribution in [0.4, 0.5) is 0 Å². The van der Waals surface area contributed by atoms with Gasteiger partial charge in [-0.2, -0.15) is 0 Å². The van der Waals surface area contributed by atoms with Gasteiger partial charge in [-0.3, -0.25) is 4.79 Å². The Morgan fingerprint density at radius 2 is 1.72 bits per heavy atom. The zero-order chi connectivity index (χ0) is 13.0. The third kappa shape index (κ3) is 3.07. The SMILES string of the molecule is CCC(CC)C(=O)OC1CCCC2CCCCC21. The standard InChI is InChI=1S/C16H28O2/c1-3-12(4-2)16(17)18-15-11-7-9-13-8-5-6-10-14(13)15/h12-15H,3-11H2,1-2H3. The van der Waals surface area contributed by atoms with Crippen LogP contribution < -0.4 is 0 Å². The van der Waals surface area contributed by atoms with E-state index < -0.39 is 0 Å². The molecule has 0 aromatic rings. The Labute approximate surface area is 111 Å². The largest absolute Gasteiger partial charge is 0.462 e. The van der Waals surface area contributed by atoms with Crippen molar-refractivity contribution < 1.29 is 9.53 Å². The van der Waals surface area contributed by atoms with E-state index in [-0.39, 0.29) is 18.0 Å². The summed E-state index contributed by atoms with van der Waals surface area (Å²) in [6.07, 6.45) is 11.1. The molecule has 0 bridgehead atoms. The zero-order valence-electron chi connectivity index (χ0n) is 12.0. The number of hydrogen-bond acceptors (Lipinski definition) is 2. The molecule has 104 valence electrons. The molecule has 2 aliphatic carbocycles. The molecule has 0 aromatic carbocycles. The second-order valence-corrected chi connectivity index (χ2v) is 6.13. The van der Waals surface area contributed by atoms with Crippen molar-refractivity contribution in [1.82, 2.24) is 0 Å². The molecule has 0 saturated heterocycles. The second kappa shape index (κ2) is 6.58. The Bertz CT molecular complexity index is 268. The van der Waals surface area contributed by atoms with E-state index in [0.29, 0.717) is 5.92 Å². The number of rotatable bonds is 4. The summed E-state index contributed by atoms with van der Waals surface area (Å²) >= 11 is 0. The van der Waals surface area contributed by atoms with Crippen LogP contribution in [0.2, 0.25) is 0 Å². The number of carbonyl (C=O) groups is 1. The van der Waals surface area contributed by atoms with Crippen molar-refractivity contribution in [2.75, 3.05) is 0 Å². The van der Waals surface area contributed by atoms with Gasteiger partial charge in [0.25, 0.3) is 0 Å². The lowest BCUT2D eigenvalue weighted by Gasteiger charge is -2.41. The summed E-state index contributed by atoms with van der Waals surface area (Å²) in [5, 5.41) is 0. The van der Waals surface area contributed by atoms with Gasteiger partial charge < -0.3 is 4.74 Å². The molecule has 0 N–H and O–H groups in total. The Kier molecular flexibility index (Phi) is 5.08. The lowest BCUT2D eigenvalue weighted by atomic mass is 9.69. The summed E-state index contributed by atoms with van der Waals surface area (Å²) in [6, 6.07) is 0. The van der Waals surface area contributed by atoms with E-state index in [4.69, 9.17) is 4.74 Å². The summed E-state index contributed by atoms with van der Waals surface area (Å²) in [6.45, 7) is 4.17. The van der Waals surface area contributed by atoms with Crippen LogP contribution in [0.25, 0.3) is 0 Å². The van der Waals surface area contributed by atoms with E-state index in [0.717, 1.165) is 25.2 Å². The summed E-state index contributed by atoms with van der Waals surface area (Å²) < 4.78 is 5.87. The van der Waals surface area contributed by atoms with E-state index in [1.165, 1.54) is 38.5 Å². The molecular formula is C16H28O2. The zero-order valence-corrected chi connectivity index (χ0v) is 12.0. The maximum absolute atomic E-state index is 12.1. The predicted octanol–water partition coefficient (Wildman–Crippen LogP) is 4.32. The van der Waals surface area contributed by atoms with Crippen molar-refractivity contribution >= 4 is 5.97 Å². The third-order valence-corrected chi connectivity index (χ3v) is 5.10. The van der Waals surface area contributed by atoms with Gasteiger partial charge in [0.2, 0.25) is 0 Å². The van der Waals surface area contributed by atoms with Crippen LogP contribution in [0.3, 0.4) is 0 Å². The molecule has 0 aromatic heterocycles. The highest BCUT2D eigenvalue weighted by atomic mass is 16.5. The lowest BCUT2D eigenvalue weighted by molar-refractivity contribution is -0.161. The molecule has 2 heteroatoms. The van der Waals surface area contributed by atoms with Crippen LogP contribution in [0.1, 0.15) is 71.6 Å². The fraction of sp³-hybridized carbons (Fsp3) is 0.938. The van der Waals surface area contributed by atoms with Crippen LogP contribution in [0, 0.1) is 17.8 Å². The fourth-order valence-corrected chi connectivity index (χ4v) is 3.89. The molecule has 0 heterocycles. The first-order chi connectivity index (χ1) is 8.76. The molecule has 2 saturated carbocycles. The number of ether oxygens (including phenoxy) is 1. The normalized spacial score (nSPS) is 32.1. The van der Waals surface area contributed by atoms with Crippen molar-refractivity contribution in [2.24, 2.45) is 17.8 Å². The molecule has 18 heavy (non-hydrogen) atoms. The average molecular weight is 252 g/mol. The van der Waals surface area contributed by atoms with Gasteiger partial charge in [0, 0.05) is 0 Å². The van der Waals surface area contributed by atoms with Gasteiger partial charge in [-0.1, -0.05) is 33.1 Å². The molecule has 2 fully saturated rings. The smallest absolute Gasteiger partial charge is 0.309 e. The number of esters is 1. The molecule has 0 aliphatic heterocycles. The number of fused-ring (bicyclic) bond motifs is 1. The van der Waals surface area contributed by atoms with E-state index in [2.05, 4.69) is 13.8 Å². The van der Waals surface area contributed by atoms with Crippen molar-refractivity contribution in [1.29, 1.82) is 0 Å². The number of carbonyl (C=O) groups excluding carboxylic acids is 1. The van der Waals surface area contributed by atoms with Gasteiger partial charge in [0.1, 0.15) is 6.10 Å². The molecule has 2 nitrogen and oxygen atoms in total. The summed E-state index contributed by atoms with van der Waals surface area (Å²) in [5.74, 6) is 1.70. The molecular weight excluding hydrogens is 224 g/mol. The minimum atomic E-state index is 0.0659. The van der Waals surface area contributed by atoms with Crippen LogP contribution >= 0.6 is 0 Å². The minimum absolute atomic E-state index is 0.0659. The quantitative estimate of drug-likeness (QED) is 0.696. The Morgan fingerprint density at radius 3 is 2.44 bits per heavy atom. The Balaban J connectivity index is 1.92. The maximum atomic E-state index is 12.1. The van der Waals surface area contributed by atoms with E-state index in [9.17, 15) is 4.79 Å². The van der Waals surface area contributed by atoms with Gasteiger partial charge >= 0.3 is 5.97 Å². The molecule has 0 spiro atoms. The van der Waals surface area contributed by atoms with E-state index in [1.807, 2.05) is 0 Å². The second-order valence-electron chi connectivity index (χ2n) is 6.13. The van der Waals surface area contributed by atoms with Crippen molar-refractivity contribution in [3.63, 3.8) is 0 Å². The van der Waals surface area contributed by atoms with Crippen LogP contribution in [0.5, 0.6) is 0 Å². The monoisotopic (exact) mass is 252 g/mol. The highest BCUT2D eigenvalue weighted by Crippen LogP contribution is 2.42. The van der Waals surface area contributed by atoms with Gasteiger partial charge in [-0.25, -0.2) is 0 Å². The highest BCUT2D eigenvalue weighted by Gasteiger charge is 2.37.